The van der Waals surface area contributed by atoms with Gasteiger partial charge in [0.05, 0.1) is 0 Å². The first-order chi connectivity index (χ1) is 8.78. The highest BCUT2D eigenvalue weighted by atomic mass is 32.2. The number of rotatable bonds is 4. The van der Waals surface area contributed by atoms with E-state index in [-0.39, 0.29) is 5.91 Å². The van der Waals surface area contributed by atoms with Crippen LogP contribution in [0.3, 0.4) is 0 Å². The molecule has 1 aliphatic rings. The highest BCUT2D eigenvalue weighted by molar-refractivity contribution is 7.98. The van der Waals surface area contributed by atoms with Crippen molar-refractivity contribution in [1.82, 2.24) is 0 Å². The lowest BCUT2D eigenvalue weighted by Crippen LogP contribution is -2.18. The number of hydrogen-bond donors (Lipinski definition) is 1. The van der Waals surface area contributed by atoms with Gasteiger partial charge in [0.25, 0.3) is 0 Å². The van der Waals surface area contributed by atoms with Crippen LogP contribution in [0.25, 0.3) is 0 Å². The van der Waals surface area contributed by atoms with Gasteiger partial charge in [-0.2, -0.15) is 0 Å². The smallest absolute Gasteiger partial charge is 0.224 e. The fourth-order valence-electron chi connectivity index (χ4n) is 2.54. The second-order valence-corrected chi connectivity index (χ2v) is 5.86. The van der Waals surface area contributed by atoms with Crippen molar-refractivity contribution < 1.29 is 4.79 Å². The molecule has 3 heteroatoms. The number of carbonyl (C=O) groups is 1. The summed E-state index contributed by atoms with van der Waals surface area (Å²) in [6, 6.07) is 8.04. The van der Waals surface area contributed by atoms with E-state index in [4.69, 9.17) is 0 Å². The van der Waals surface area contributed by atoms with Crippen LogP contribution in [0.4, 0.5) is 5.69 Å². The minimum atomic E-state index is 0.166. The fraction of sp³-hybridized carbons (Fsp3) is 0.533. The molecule has 0 aromatic heterocycles. The summed E-state index contributed by atoms with van der Waals surface area (Å²) in [6.45, 7) is 0. The van der Waals surface area contributed by atoms with Crippen molar-refractivity contribution in [3.8, 4) is 0 Å². The summed E-state index contributed by atoms with van der Waals surface area (Å²) in [5.41, 5.74) is 0.911. The Balaban J connectivity index is 1.82. The lowest BCUT2D eigenvalue weighted by Gasteiger charge is -2.20. The van der Waals surface area contributed by atoms with Gasteiger partial charge >= 0.3 is 0 Å². The average molecular weight is 263 g/mol. The molecule has 1 fully saturated rings. The Kier molecular flexibility index (Phi) is 5.12. The molecule has 0 bridgehead atoms. The molecule has 1 amide bonds. The second kappa shape index (κ2) is 6.83. The van der Waals surface area contributed by atoms with Crippen LogP contribution < -0.4 is 5.32 Å². The molecule has 1 saturated carbocycles. The van der Waals surface area contributed by atoms with Crippen molar-refractivity contribution in [2.75, 3.05) is 11.6 Å². The van der Waals surface area contributed by atoms with Gasteiger partial charge in [-0.25, -0.2) is 0 Å². The minimum Gasteiger partial charge on any atom is -0.326 e. The van der Waals surface area contributed by atoms with Crippen molar-refractivity contribution in [3.63, 3.8) is 0 Å². The molecule has 0 radical (unpaired) electrons. The van der Waals surface area contributed by atoms with Gasteiger partial charge in [0.15, 0.2) is 0 Å². The Labute approximate surface area is 114 Å². The zero-order valence-corrected chi connectivity index (χ0v) is 11.8. The van der Waals surface area contributed by atoms with E-state index in [1.165, 1.54) is 37.0 Å². The fourth-order valence-corrected chi connectivity index (χ4v) is 2.95. The first-order valence-electron chi connectivity index (χ1n) is 6.72. The Morgan fingerprint density at radius 2 is 1.89 bits per heavy atom. The van der Waals surface area contributed by atoms with Gasteiger partial charge in [-0.3, -0.25) is 4.79 Å². The predicted octanol–water partition coefficient (Wildman–Crippen LogP) is 4.32. The molecule has 0 heterocycles. The van der Waals surface area contributed by atoms with Gasteiger partial charge in [0.2, 0.25) is 5.91 Å². The summed E-state index contributed by atoms with van der Waals surface area (Å²) in [5.74, 6) is 0.767. The van der Waals surface area contributed by atoms with Gasteiger partial charge in [-0.05, 0) is 49.3 Å². The third-order valence-electron chi connectivity index (χ3n) is 3.57. The first kappa shape index (κ1) is 13.5. The van der Waals surface area contributed by atoms with Gasteiger partial charge in [-0.1, -0.05) is 19.3 Å². The topological polar surface area (TPSA) is 29.1 Å². The summed E-state index contributed by atoms with van der Waals surface area (Å²) in [7, 11) is 0. The Bertz CT molecular complexity index is 382. The Morgan fingerprint density at radius 1 is 1.22 bits per heavy atom. The maximum atomic E-state index is 11.9. The molecule has 0 unspecified atom stereocenters. The molecule has 1 aromatic carbocycles. The molecular formula is C15H21NOS. The maximum Gasteiger partial charge on any atom is 0.224 e. The summed E-state index contributed by atoms with van der Waals surface area (Å²) in [5, 5.41) is 2.99. The number of thioether (sulfide) groups is 1. The van der Waals surface area contributed by atoms with E-state index in [0.717, 1.165) is 5.69 Å². The predicted molar refractivity (Wildman–Crippen MR) is 78.0 cm³/mol. The van der Waals surface area contributed by atoms with Crippen LogP contribution in [0, 0.1) is 5.92 Å². The molecule has 0 saturated heterocycles. The molecule has 1 aromatic rings. The average Bonchev–Trinajstić information content (AvgIpc) is 2.40. The normalized spacial score (nSPS) is 16.5. The molecule has 0 atom stereocenters. The second-order valence-electron chi connectivity index (χ2n) is 4.98. The zero-order valence-electron chi connectivity index (χ0n) is 10.9. The lowest BCUT2D eigenvalue weighted by molar-refractivity contribution is -0.117. The van der Waals surface area contributed by atoms with E-state index >= 15 is 0 Å². The SMILES string of the molecule is CSc1ccc(NC(=O)CC2CCCCC2)cc1. The van der Waals surface area contributed by atoms with E-state index in [2.05, 4.69) is 11.6 Å². The summed E-state index contributed by atoms with van der Waals surface area (Å²) in [6.07, 6.45) is 9.10. The van der Waals surface area contributed by atoms with Gasteiger partial charge in [-0.15, -0.1) is 11.8 Å². The van der Waals surface area contributed by atoms with E-state index in [1.807, 2.05) is 24.3 Å². The lowest BCUT2D eigenvalue weighted by atomic mass is 9.87. The summed E-state index contributed by atoms with van der Waals surface area (Å²) >= 11 is 1.71. The summed E-state index contributed by atoms with van der Waals surface area (Å²) in [4.78, 5) is 13.1. The molecule has 18 heavy (non-hydrogen) atoms. The van der Waals surface area contributed by atoms with Crippen molar-refractivity contribution >= 4 is 23.4 Å². The van der Waals surface area contributed by atoms with Crippen LogP contribution in [-0.4, -0.2) is 12.2 Å². The molecule has 2 nitrogen and oxygen atoms in total. The standard InChI is InChI=1S/C15H21NOS/c1-18-14-9-7-13(8-10-14)16-15(17)11-12-5-3-2-4-6-12/h7-10,12H,2-6,11H2,1H3,(H,16,17). The van der Waals surface area contributed by atoms with Crippen LogP contribution >= 0.6 is 11.8 Å². The van der Waals surface area contributed by atoms with Gasteiger partial charge in [0.1, 0.15) is 0 Å². The van der Waals surface area contributed by atoms with E-state index < -0.39 is 0 Å². The molecular weight excluding hydrogens is 242 g/mol. The van der Waals surface area contributed by atoms with Gasteiger partial charge in [0, 0.05) is 17.0 Å². The molecule has 2 rings (SSSR count). The number of nitrogens with one attached hydrogen (secondary N) is 1. The van der Waals surface area contributed by atoms with Crippen LogP contribution in [-0.2, 0) is 4.79 Å². The third-order valence-corrected chi connectivity index (χ3v) is 4.32. The number of amides is 1. The van der Waals surface area contributed by atoms with Gasteiger partial charge < -0.3 is 5.32 Å². The van der Waals surface area contributed by atoms with Crippen molar-refractivity contribution in [2.45, 2.75) is 43.4 Å². The van der Waals surface area contributed by atoms with Crippen LogP contribution in [0.2, 0.25) is 0 Å². The number of anilines is 1. The van der Waals surface area contributed by atoms with E-state index in [1.54, 1.807) is 11.8 Å². The third kappa shape index (κ3) is 4.05. The van der Waals surface area contributed by atoms with Crippen LogP contribution in [0.5, 0.6) is 0 Å². The Hall–Kier alpha value is -0.960. The molecule has 1 N–H and O–H groups in total. The molecule has 98 valence electrons. The Morgan fingerprint density at radius 3 is 2.50 bits per heavy atom. The van der Waals surface area contributed by atoms with Crippen molar-refractivity contribution in [3.05, 3.63) is 24.3 Å². The van der Waals surface area contributed by atoms with Crippen LogP contribution in [0.1, 0.15) is 38.5 Å². The van der Waals surface area contributed by atoms with E-state index in [9.17, 15) is 4.79 Å². The molecule has 0 aliphatic heterocycles. The largest absolute Gasteiger partial charge is 0.326 e. The number of benzene rings is 1. The number of hydrogen-bond acceptors (Lipinski definition) is 2. The maximum absolute atomic E-state index is 11.9. The number of carbonyl (C=O) groups excluding carboxylic acids is 1. The minimum absolute atomic E-state index is 0.166. The monoisotopic (exact) mass is 263 g/mol. The van der Waals surface area contributed by atoms with Crippen molar-refractivity contribution in [2.24, 2.45) is 5.92 Å². The first-order valence-corrected chi connectivity index (χ1v) is 7.94. The van der Waals surface area contributed by atoms with E-state index in [0.29, 0.717) is 12.3 Å². The highest BCUT2D eigenvalue weighted by Gasteiger charge is 2.16. The molecule has 0 spiro atoms. The molecule has 1 aliphatic carbocycles. The van der Waals surface area contributed by atoms with Crippen molar-refractivity contribution in [1.29, 1.82) is 0 Å². The highest BCUT2D eigenvalue weighted by Crippen LogP contribution is 2.26. The summed E-state index contributed by atoms with van der Waals surface area (Å²) < 4.78 is 0. The quantitative estimate of drug-likeness (QED) is 0.820. The van der Waals surface area contributed by atoms with Crippen LogP contribution in [0.15, 0.2) is 29.2 Å². The zero-order chi connectivity index (χ0) is 12.8.